The van der Waals surface area contributed by atoms with E-state index in [-0.39, 0.29) is 40.6 Å². The van der Waals surface area contributed by atoms with Crippen molar-refractivity contribution in [3.05, 3.63) is 12.7 Å². The second kappa shape index (κ2) is 7.16. The van der Waals surface area contributed by atoms with Crippen LogP contribution in [-0.2, 0) is 14.3 Å². The SMILES string of the molecule is C=CC(=O)OC(=O)C(C)S.[Ca+2].[H-].[H-]. The van der Waals surface area contributed by atoms with Gasteiger partial charge >= 0.3 is 49.7 Å². The van der Waals surface area contributed by atoms with E-state index in [0.29, 0.717) is 0 Å². The summed E-state index contributed by atoms with van der Waals surface area (Å²) in [6, 6.07) is 0. The number of thiol groups is 1. The fourth-order valence-electron chi connectivity index (χ4n) is 0.226. The van der Waals surface area contributed by atoms with E-state index < -0.39 is 17.2 Å². The van der Waals surface area contributed by atoms with Crippen LogP contribution in [-0.4, -0.2) is 54.9 Å². The Hall–Kier alpha value is 0.490. The average Bonchev–Trinajstić information content (AvgIpc) is 1.87. The first-order valence-electron chi connectivity index (χ1n) is 2.64. The first-order chi connectivity index (χ1) is 4.57. The van der Waals surface area contributed by atoms with Crippen molar-refractivity contribution in [1.82, 2.24) is 0 Å². The molecule has 5 heteroatoms. The maximum Gasteiger partial charge on any atom is 2.00 e. The van der Waals surface area contributed by atoms with Gasteiger partial charge in [-0.15, -0.1) is 0 Å². The molecule has 0 aliphatic carbocycles. The van der Waals surface area contributed by atoms with E-state index in [1.807, 2.05) is 0 Å². The molecule has 0 radical (unpaired) electrons. The minimum absolute atomic E-state index is 0. The maximum absolute atomic E-state index is 10.5. The van der Waals surface area contributed by atoms with Crippen LogP contribution in [0.4, 0.5) is 0 Å². The van der Waals surface area contributed by atoms with Gasteiger partial charge in [0.1, 0.15) is 0 Å². The third-order valence-corrected chi connectivity index (χ3v) is 0.920. The van der Waals surface area contributed by atoms with Crippen molar-refractivity contribution >= 4 is 62.3 Å². The summed E-state index contributed by atoms with van der Waals surface area (Å²) in [6.07, 6.45) is 0.925. The van der Waals surface area contributed by atoms with Gasteiger partial charge in [-0.1, -0.05) is 6.58 Å². The summed E-state index contributed by atoms with van der Waals surface area (Å²) in [5, 5.41) is -0.580. The molecular formula is C6H10CaO3S. The van der Waals surface area contributed by atoms with Crippen molar-refractivity contribution in [2.45, 2.75) is 12.2 Å². The van der Waals surface area contributed by atoms with Gasteiger partial charge in [-0.25, -0.2) is 4.79 Å². The molecule has 0 aromatic rings. The Bertz CT molecular complexity index is 175. The van der Waals surface area contributed by atoms with Crippen LogP contribution < -0.4 is 0 Å². The maximum atomic E-state index is 10.5. The molecule has 11 heavy (non-hydrogen) atoms. The van der Waals surface area contributed by atoms with Crippen LogP contribution >= 0.6 is 12.6 Å². The summed E-state index contributed by atoms with van der Waals surface area (Å²) in [7, 11) is 0. The molecule has 0 rings (SSSR count). The van der Waals surface area contributed by atoms with Crippen molar-refractivity contribution < 1.29 is 17.2 Å². The quantitative estimate of drug-likeness (QED) is 0.232. The monoisotopic (exact) mass is 202 g/mol. The summed E-state index contributed by atoms with van der Waals surface area (Å²) >= 11 is 3.75. The number of rotatable bonds is 2. The largest absolute Gasteiger partial charge is 2.00 e. The summed E-state index contributed by atoms with van der Waals surface area (Å²) < 4.78 is 4.19. The molecule has 0 saturated heterocycles. The van der Waals surface area contributed by atoms with Gasteiger partial charge in [0.15, 0.2) is 0 Å². The zero-order valence-electron chi connectivity index (χ0n) is 8.24. The van der Waals surface area contributed by atoms with Crippen molar-refractivity contribution in [1.29, 1.82) is 0 Å². The number of ether oxygens (including phenoxy) is 1. The molecule has 1 atom stereocenters. The van der Waals surface area contributed by atoms with E-state index in [4.69, 9.17) is 0 Å². The van der Waals surface area contributed by atoms with Crippen molar-refractivity contribution in [3.63, 3.8) is 0 Å². The Labute approximate surface area is 104 Å². The summed E-state index contributed by atoms with van der Waals surface area (Å²) in [5.41, 5.74) is 0. The minimum Gasteiger partial charge on any atom is -1.00 e. The second-order valence-electron chi connectivity index (χ2n) is 1.62. The van der Waals surface area contributed by atoms with Crippen LogP contribution in [0.3, 0.4) is 0 Å². The molecule has 3 nitrogen and oxygen atoms in total. The van der Waals surface area contributed by atoms with Crippen LogP contribution in [0.25, 0.3) is 0 Å². The van der Waals surface area contributed by atoms with Gasteiger partial charge in [-0.2, -0.15) is 12.6 Å². The molecule has 1 unspecified atom stereocenters. The number of esters is 2. The van der Waals surface area contributed by atoms with Crippen LogP contribution in [0.1, 0.15) is 9.78 Å². The van der Waals surface area contributed by atoms with Crippen LogP contribution in [0.2, 0.25) is 0 Å². The van der Waals surface area contributed by atoms with E-state index in [0.717, 1.165) is 6.08 Å². The van der Waals surface area contributed by atoms with Gasteiger partial charge in [-0.3, -0.25) is 4.79 Å². The molecule has 0 spiro atoms. The second-order valence-corrected chi connectivity index (χ2v) is 2.39. The minimum atomic E-state index is -0.745. The van der Waals surface area contributed by atoms with Crippen molar-refractivity contribution in [2.24, 2.45) is 0 Å². The molecule has 0 amide bonds. The van der Waals surface area contributed by atoms with Gasteiger partial charge in [0.25, 0.3) is 0 Å². The molecule has 0 fully saturated rings. The molecule has 0 aromatic carbocycles. The number of carbonyl (C=O) groups excluding carboxylic acids is 2. The molecule has 0 aliphatic rings. The van der Waals surface area contributed by atoms with Crippen LogP contribution in [0.5, 0.6) is 0 Å². The number of hydrogen-bond acceptors (Lipinski definition) is 4. The van der Waals surface area contributed by atoms with E-state index in [9.17, 15) is 9.59 Å². The zero-order chi connectivity index (χ0) is 8.15. The third kappa shape index (κ3) is 6.87. The molecule has 0 aromatic heterocycles. The fourth-order valence-corrected chi connectivity index (χ4v) is 0.279. The molecule has 0 aliphatic heterocycles. The Morgan fingerprint density at radius 2 is 2.18 bits per heavy atom. The predicted octanol–water partition coefficient (Wildman–Crippen LogP) is 0.405. The molecule has 60 valence electrons. The van der Waals surface area contributed by atoms with Gasteiger partial charge in [0, 0.05) is 6.08 Å². The van der Waals surface area contributed by atoms with E-state index in [1.165, 1.54) is 6.92 Å². The first kappa shape index (κ1) is 14.0. The van der Waals surface area contributed by atoms with Crippen molar-refractivity contribution in [2.75, 3.05) is 0 Å². The Kier molecular flexibility index (Phi) is 9.13. The van der Waals surface area contributed by atoms with Gasteiger partial charge in [-0.05, 0) is 6.92 Å². The normalized spacial score (nSPS) is 10.7. The van der Waals surface area contributed by atoms with Crippen LogP contribution in [0, 0.1) is 0 Å². The van der Waals surface area contributed by atoms with Crippen LogP contribution in [0.15, 0.2) is 12.7 Å². The molecule has 0 heterocycles. The standard InChI is InChI=1S/C6H8O3S.Ca.2H/c1-3-5(7)9-6(8)4(2)10;;;/h3-4,10H,1H2,2H3;;;/q;+2;2*-1. The number of hydrogen-bond donors (Lipinski definition) is 1. The molecule has 0 bridgehead atoms. The summed E-state index contributed by atoms with van der Waals surface area (Å²) in [5.74, 6) is -1.40. The van der Waals surface area contributed by atoms with E-state index in [2.05, 4.69) is 23.9 Å². The van der Waals surface area contributed by atoms with Gasteiger partial charge < -0.3 is 7.59 Å². The van der Waals surface area contributed by atoms with Crippen molar-refractivity contribution in [3.8, 4) is 0 Å². The topological polar surface area (TPSA) is 43.4 Å². The Morgan fingerprint density at radius 3 is 2.45 bits per heavy atom. The molecular weight excluding hydrogens is 192 g/mol. The predicted molar refractivity (Wildman–Crippen MR) is 47.7 cm³/mol. The van der Waals surface area contributed by atoms with Gasteiger partial charge in [0.2, 0.25) is 0 Å². The Morgan fingerprint density at radius 1 is 1.73 bits per heavy atom. The fraction of sp³-hybridized carbons (Fsp3) is 0.333. The third-order valence-electron chi connectivity index (χ3n) is 0.709. The molecule has 0 N–H and O–H groups in total. The van der Waals surface area contributed by atoms with E-state index >= 15 is 0 Å². The summed E-state index contributed by atoms with van der Waals surface area (Å²) in [6.45, 7) is 4.64. The summed E-state index contributed by atoms with van der Waals surface area (Å²) in [4.78, 5) is 20.9. The Balaban J connectivity index is -0.000000135. The smallest absolute Gasteiger partial charge is 1.00 e. The zero-order valence-corrected chi connectivity index (χ0v) is 9.34. The molecule has 0 saturated carbocycles. The van der Waals surface area contributed by atoms with E-state index in [1.54, 1.807) is 0 Å². The van der Waals surface area contributed by atoms with Gasteiger partial charge in [0.05, 0.1) is 5.25 Å². The number of carbonyl (C=O) groups is 2. The first-order valence-corrected chi connectivity index (χ1v) is 3.15. The average molecular weight is 202 g/mol.